The van der Waals surface area contributed by atoms with Crippen LogP contribution in [0.2, 0.25) is 0 Å². The molecule has 0 radical (unpaired) electrons. The van der Waals surface area contributed by atoms with Crippen molar-refractivity contribution in [2.45, 2.75) is 6.54 Å². The largest absolute Gasteiger partial charge is 1.00 e. The summed E-state index contributed by atoms with van der Waals surface area (Å²) in [5.74, 6) is 0.0426. The number of pyridine rings is 1. The number of hydrogen-bond donors (Lipinski definition) is 2. The second-order valence-electron chi connectivity index (χ2n) is 6.30. The number of rotatable bonds is 7. The Balaban J connectivity index is 0.00000341. The second-order valence-corrected chi connectivity index (χ2v) is 6.30. The van der Waals surface area contributed by atoms with E-state index in [0.717, 1.165) is 0 Å². The predicted octanol–water partition coefficient (Wildman–Crippen LogP) is -0.214. The topological polar surface area (TPSA) is 114 Å². The summed E-state index contributed by atoms with van der Waals surface area (Å²) in [6.45, 7) is 0.0185. The molecule has 1 heterocycles. The second kappa shape index (κ2) is 10.7. The third-order valence-corrected chi connectivity index (χ3v) is 4.16. The molecule has 0 fully saturated rings. The number of nitro groups is 1. The Labute approximate surface area is 184 Å². The number of nitrogens with one attached hydrogen (secondary N) is 2. The third kappa shape index (κ3) is 6.51. The van der Waals surface area contributed by atoms with E-state index in [1.165, 1.54) is 24.3 Å². The molecule has 0 unspecified atom stereocenters. The minimum atomic E-state index is -0.511. The lowest BCUT2D eigenvalue weighted by molar-refractivity contribution is -0.684. The number of nitro benzene ring substituents is 1. The molecular formula is C21H19ClN4O5. The van der Waals surface area contributed by atoms with E-state index >= 15 is 0 Å². The molecule has 160 valence electrons. The van der Waals surface area contributed by atoms with Gasteiger partial charge in [0.2, 0.25) is 6.54 Å². The van der Waals surface area contributed by atoms with Gasteiger partial charge in [-0.05, 0) is 42.5 Å². The lowest BCUT2D eigenvalue weighted by Crippen LogP contribution is -3.00. The molecular weight excluding hydrogens is 424 g/mol. The average Bonchev–Trinajstić information content (AvgIpc) is 2.74. The number of nitrogens with zero attached hydrogens (tertiary/aromatic N) is 2. The van der Waals surface area contributed by atoms with Gasteiger partial charge < -0.3 is 27.8 Å². The summed E-state index contributed by atoms with van der Waals surface area (Å²) in [5, 5.41) is 16.1. The summed E-state index contributed by atoms with van der Waals surface area (Å²) in [6.07, 6.45) is 3.23. The van der Waals surface area contributed by atoms with E-state index in [1.807, 2.05) is 0 Å². The van der Waals surface area contributed by atoms with Crippen molar-refractivity contribution in [1.29, 1.82) is 0 Å². The van der Waals surface area contributed by atoms with Gasteiger partial charge >= 0.3 is 0 Å². The van der Waals surface area contributed by atoms with Crippen molar-refractivity contribution in [1.82, 2.24) is 0 Å². The molecule has 0 aliphatic rings. The lowest BCUT2D eigenvalue weighted by atomic mass is 10.2. The molecule has 0 saturated heterocycles. The van der Waals surface area contributed by atoms with Gasteiger partial charge in [-0.25, -0.2) is 0 Å². The summed E-state index contributed by atoms with van der Waals surface area (Å²) in [5.41, 5.74) is 1.34. The highest BCUT2D eigenvalue weighted by Gasteiger charge is 2.15. The molecule has 1 aromatic heterocycles. The quantitative estimate of drug-likeness (QED) is 0.298. The van der Waals surface area contributed by atoms with Crippen molar-refractivity contribution >= 4 is 28.9 Å². The molecule has 0 aliphatic heterocycles. The van der Waals surface area contributed by atoms with E-state index in [9.17, 15) is 19.7 Å². The molecule has 2 N–H and O–H groups in total. The molecule has 0 spiro atoms. The number of methoxy groups -OCH3 is 1. The molecule has 31 heavy (non-hydrogen) atoms. The van der Waals surface area contributed by atoms with Gasteiger partial charge in [-0.2, -0.15) is 4.57 Å². The Hall–Kier alpha value is -3.98. The normalized spacial score (nSPS) is 9.84. The molecule has 9 nitrogen and oxygen atoms in total. The maximum atomic E-state index is 12.5. The Morgan fingerprint density at radius 1 is 1.00 bits per heavy atom. The summed E-state index contributed by atoms with van der Waals surface area (Å²) in [7, 11) is 1.56. The Morgan fingerprint density at radius 3 is 2.23 bits per heavy atom. The number of halogens is 1. The first-order valence-corrected chi connectivity index (χ1v) is 8.93. The zero-order valence-corrected chi connectivity index (χ0v) is 17.2. The number of ether oxygens (including phenoxy) is 1. The fourth-order valence-electron chi connectivity index (χ4n) is 2.67. The van der Waals surface area contributed by atoms with Crippen LogP contribution in [0.25, 0.3) is 0 Å². The molecule has 3 aromatic rings. The smallest absolute Gasteiger partial charge is 0.290 e. The monoisotopic (exact) mass is 442 g/mol. The van der Waals surface area contributed by atoms with Crippen molar-refractivity contribution in [2.75, 3.05) is 17.7 Å². The zero-order valence-electron chi connectivity index (χ0n) is 16.4. The first-order chi connectivity index (χ1) is 14.4. The fourth-order valence-corrected chi connectivity index (χ4v) is 2.67. The molecule has 0 bridgehead atoms. The number of aromatic nitrogens is 1. The minimum Gasteiger partial charge on any atom is -1.00 e. The van der Waals surface area contributed by atoms with Crippen molar-refractivity contribution in [3.05, 3.63) is 88.7 Å². The Morgan fingerprint density at radius 2 is 1.61 bits per heavy atom. The van der Waals surface area contributed by atoms with Crippen molar-refractivity contribution in [2.24, 2.45) is 0 Å². The average molecular weight is 443 g/mol. The van der Waals surface area contributed by atoms with E-state index in [0.29, 0.717) is 22.7 Å². The maximum Gasteiger partial charge on any atom is 0.290 e. The number of carbonyl (C=O) groups excluding carboxylic acids is 2. The van der Waals surface area contributed by atoms with Crippen LogP contribution in [-0.4, -0.2) is 23.8 Å². The van der Waals surface area contributed by atoms with Gasteiger partial charge in [-0.1, -0.05) is 0 Å². The van der Waals surface area contributed by atoms with Crippen LogP contribution in [0.3, 0.4) is 0 Å². The summed E-state index contributed by atoms with van der Waals surface area (Å²) in [4.78, 5) is 34.9. The maximum absolute atomic E-state index is 12.5. The van der Waals surface area contributed by atoms with Gasteiger partial charge in [-0.3, -0.25) is 19.7 Å². The summed E-state index contributed by atoms with van der Waals surface area (Å²) < 4.78 is 6.67. The minimum absolute atomic E-state index is 0. The Bertz CT molecular complexity index is 1070. The van der Waals surface area contributed by atoms with Crippen LogP contribution in [0.4, 0.5) is 17.1 Å². The Kier molecular flexibility index (Phi) is 8.04. The molecule has 2 amide bonds. The standard InChI is InChI=1S/C21H18N4O5.ClH/c1-30-19-10-6-16(7-11-19)22-20(26)14-24-12-2-3-15(13-24)21(27)23-17-4-8-18(9-5-17)25(28)29;/h2-13H,14H2,1H3,(H-,22,23,26,27);1H. The van der Waals surface area contributed by atoms with Crippen LogP contribution >= 0.6 is 0 Å². The van der Waals surface area contributed by atoms with Gasteiger partial charge in [0.25, 0.3) is 17.5 Å². The predicted molar refractivity (Wildman–Crippen MR) is 109 cm³/mol. The van der Waals surface area contributed by atoms with Gasteiger partial charge in [-0.15, -0.1) is 0 Å². The number of anilines is 2. The molecule has 0 saturated carbocycles. The number of carbonyl (C=O) groups is 2. The fraction of sp³-hybridized carbons (Fsp3) is 0.0952. The molecule has 3 rings (SSSR count). The first-order valence-electron chi connectivity index (χ1n) is 8.93. The third-order valence-electron chi connectivity index (χ3n) is 4.16. The number of non-ortho nitro benzene ring substituents is 1. The van der Waals surface area contributed by atoms with E-state index in [1.54, 1.807) is 60.5 Å². The van der Waals surface area contributed by atoms with Crippen LogP contribution in [0.5, 0.6) is 5.75 Å². The lowest BCUT2D eigenvalue weighted by Gasteiger charge is -2.06. The van der Waals surface area contributed by atoms with Crippen molar-refractivity contribution < 1.29 is 36.2 Å². The number of amides is 2. The van der Waals surface area contributed by atoms with Gasteiger partial charge in [0.05, 0.1) is 12.0 Å². The van der Waals surface area contributed by atoms with Crippen LogP contribution in [0.1, 0.15) is 10.4 Å². The number of hydrogen-bond acceptors (Lipinski definition) is 5. The van der Waals surface area contributed by atoms with Crippen LogP contribution < -0.4 is 32.3 Å². The molecule has 2 aromatic carbocycles. The van der Waals surface area contributed by atoms with Gasteiger partial charge in [0.1, 0.15) is 11.3 Å². The first kappa shape index (κ1) is 23.3. The van der Waals surface area contributed by atoms with Crippen molar-refractivity contribution in [3.63, 3.8) is 0 Å². The van der Waals surface area contributed by atoms with Crippen LogP contribution in [-0.2, 0) is 11.3 Å². The van der Waals surface area contributed by atoms with Crippen molar-refractivity contribution in [3.8, 4) is 5.75 Å². The zero-order chi connectivity index (χ0) is 21.5. The number of benzene rings is 2. The van der Waals surface area contributed by atoms with Gasteiger partial charge in [0.15, 0.2) is 12.4 Å². The molecule has 0 aliphatic carbocycles. The SMILES string of the molecule is COc1ccc(NC(=O)C[n+]2cccc(C(=O)Nc3ccc([N+](=O)[O-])cc3)c2)cc1.[Cl-]. The van der Waals surface area contributed by atoms with E-state index in [4.69, 9.17) is 4.74 Å². The molecule has 0 atom stereocenters. The van der Waals surface area contributed by atoms with E-state index in [2.05, 4.69) is 10.6 Å². The highest BCUT2D eigenvalue weighted by atomic mass is 35.5. The highest BCUT2D eigenvalue weighted by molar-refractivity contribution is 6.03. The summed E-state index contributed by atoms with van der Waals surface area (Å²) >= 11 is 0. The molecule has 10 heteroatoms. The summed E-state index contributed by atoms with van der Waals surface area (Å²) in [6, 6.07) is 15.7. The van der Waals surface area contributed by atoms with E-state index in [-0.39, 0.29) is 30.5 Å². The van der Waals surface area contributed by atoms with Crippen LogP contribution in [0.15, 0.2) is 73.1 Å². The van der Waals surface area contributed by atoms with Gasteiger partial charge in [0, 0.05) is 29.6 Å². The highest BCUT2D eigenvalue weighted by Crippen LogP contribution is 2.16. The van der Waals surface area contributed by atoms with E-state index < -0.39 is 10.8 Å². The van der Waals surface area contributed by atoms with Crippen LogP contribution in [0, 0.1) is 10.1 Å².